The van der Waals surface area contributed by atoms with Crippen molar-refractivity contribution in [3.8, 4) is 0 Å². The predicted octanol–water partition coefficient (Wildman–Crippen LogP) is 3.03. The molecule has 3 fully saturated rings. The number of hydrogen-bond acceptors (Lipinski definition) is 4. The zero-order valence-electron chi connectivity index (χ0n) is 13.7. The predicted molar refractivity (Wildman–Crippen MR) is 86.4 cm³/mol. The highest BCUT2D eigenvalue weighted by molar-refractivity contribution is 7.86. The Morgan fingerprint density at radius 2 is 1.87 bits per heavy atom. The maximum Gasteiger partial charge on any atom is 0.296 e. The first kappa shape index (κ1) is 15.6. The lowest BCUT2D eigenvalue weighted by atomic mass is 9.68. The molecule has 3 aliphatic carbocycles. The molecule has 1 aromatic rings. The molecule has 0 radical (unpaired) electrons. The Hall–Kier alpha value is -0.910. The quantitative estimate of drug-likeness (QED) is 0.859. The highest BCUT2D eigenvalue weighted by Crippen LogP contribution is 2.80. The summed E-state index contributed by atoms with van der Waals surface area (Å²) in [6.07, 6.45) is 4.93. The highest BCUT2D eigenvalue weighted by atomic mass is 32.2. The van der Waals surface area contributed by atoms with Gasteiger partial charge in [0.1, 0.15) is 0 Å². The molecule has 3 atom stereocenters. The molecule has 5 heteroatoms. The van der Waals surface area contributed by atoms with Crippen molar-refractivity contribution >= 4 is 10.1 Å². The van der Waals surface area contributed by atoms with Crippen LogP contribution in [0.3, 0.4) is 0 Å². The molecule has 1 spiro atoms. The van der Waals surface area contributed by atoms with Gasteiger partial charge in [0.15, 0.2) is 0 Å². The fourth-order valence-electron chi connectivity index (χ4n) is 5.46. The molecule has 0 unspecified atom stereocenters. The first-order valence-electron chi connectivity index (χ1n) is 8.41. The van der Waals surface area contributed by atoms with Gasteiger partial charge in [-0.15, -0.1) is 0 Å². The summed E-state index contributed by atoms with van der Waals surface area (Å²) in [4.78, 5) is 0.191. The molecular weight excluding hydrogens is 312 g/mol. The van der Waals surface area contributed by atoms with Crippen LogP contribution in [0.4, 0.5) is 0 Å². The van der Waals surface area contributed by atoms with Crippen molar-refractivity contribution in [2.45, 2.75) is 56.4 Å². The fraction of sp³-hybridized carbons (Fsp3) is 0.667. The van der Waals surface area contributed by atoms with Gasteiger partial charge in [-0.2, -0.15) is 8.42 Å². The van der Waals surface area contributed by atoms with Crippen molar-refractivity contribution in [1.82, 2.24) is 0 Å². The Balaban J connectivity index is 1.60. The largest absolute Gasteiger partial charge is 0.389 e. The molecule has 0 aromatic heterocycles. The van der Waals surface area contributed by atoms with Crippen molar-refractivity contribution in [1.29, 1.82) is 0 Å². The second kappa shape index (κ2) is 4.58. The van der Waals surface area contributed by atoms with E-state index < -0.39 is 21.1 Å². The van der Waals surface area contributed by atoms with Gasteiger partial charge < -0.3 is 5.11 Å². The minimum atomic E-state index is -3.78. The second-order valence-corrected chi connectivity index (χ2v) is 9.60. The molecule has 3 saturated carbocycles. The molecule has 23 heavy (non-hydrogen) atoms. The van der Waals surface area contributed by atoms with Gasteiger partial charge in [0.25, 0.3) is 10.1 Å². The minimum Gasteiger partial charge on any atom is -0.389 e. The first-order chi connectivity index (χ1) is 10.7. The van der Waals surface area contributed by atoms with Crippen LogP contribution in [0.15, 0.2) is 29.2 Å². The Labute approximate surface area is 138 Å². The van der Waals surface area contributed by atoms with E-state index in [1.165, 1.54) is 0 Å². The van der Waals surface area contributed by atoms with Gasteiger partial charge in [0.05, 0.1) is 17.1 Å². The number of hydrogen-bond donors (Lipinski definition) is 1. The molecule has 0 saturated heterocycles. The summed E-state index contributed by atoms with van der Waals surface area (Å²) in [5.74, 6) is 0.531. The fourth-order valence-corrected chi connectivity index (χ4v) is 6.42. The van der Waals surface area contributed by atoms with Gasteiger partial charge in [-0.05, 0) is 69.4 Å². The summed E-state index contributed by atoms with van der Waals surface area (Å²) in [6.45, 7) is 3.89. The van der Waals surface area contributed by atoms with Crippen LogP contribution in [0.25, 0.3) is 0 Å². The van der Waals surface area contributed by atoms with Gasteiger partial charge in [0, 0.05) is 5.41 Å². The van der Waals surface area contributed by atoms with Crippen LogP contribution in [0.2, 0.25) is 0 Å². The van der Waals surface area contributed by atoms with Crippen molar-refractivity contribution in [2.75, 3.05) is 6.61 Å². The third-order valence-corrected chi connectivity index (χ3v) is 8.17. The highest BCUT2D eigenvalue weighted by Gasteiger charge is 2.77. The van der Waals surface area contributed by atoms with Crippen LogP contribution in [0.5, 0.6) is 0 Å². The van der Waals surface area contributed by atoms with Crippen LogP contribution in [-0.4, -0.2) is 25.7 Å². The van der Waals surface area contributed by atoms with Gasteiger partial charge in [-0.3, -0.25) is 4.18 Å². The summed E-state index contributed by atoms with van der Waals surface area (Å²) in [7, 11) is -3.78. The Bertz CT molecular complexity index is 731. The number of benzene rings is 1. The standard InChI is InChI=1S/C18H24O4S/c1-13-3-5-15(6-4-13)23(20,21)22-12-18-8-7-14(11-16(18,2)19)17(18)9-10-17/h3-6,14,19H,7-12H2,1-2H3/t14-,16-,18-/m1/s1. The molecular formula is C18H24O4S. The van der Waals surface area contributed by atoms with Crippen LogP contribution < -0.4 is 0 Å². The maximum absolute atomic E-state index is 12.5. The van der Waals surface area contributed by atoms with E-state index in [0.29, 0.717) is 5.92 Å². The summed E-state index contributed by atoms with van der Waals surface area (Å²) >= 11 is 0. The minimum absolute atomic E-state index is 0.104. The number of aryl methyl sites for hydroxylation is 1. The monoisotopic (exact) mass is 336 g/mol. The molecule has 0 aliphatic heterocycles. The Morgan fingerprint density at radius 3 is 2.43 bits per heavy atom. The number of rotatable bonds is 4. The first-order valence-corrected chi connectivity index (χ1v) is 9.82. The Kier molecular flexibility index (Phi) is 3.11. The van der Waals surface area contributed by atoms with Gasteiger partial charge in [-0.25, -0.2) is 0 Å². The average Bonchev–Trinajstić information content (AvgIpc) is 3.18. The summed E-state index contributed by atoms with van der Waals surface area (Å²) < 4.78 is 30.5. The lowest BCUT2D eigenvalue weighted by molar-refractivity contribution is -0.0948. The molecule has 126 valence electrons. The van der Waals surface area contributed by atoms with Crippen molar-refractivity contribution in [3.05, 3.63) is 29.8 Å². The summed E-state index contributed by atoms with van der Waals surface area (Å²) in [6, 6.07) is 6.71. The zero-order chi connectivity index (χ0) is 16.5. The third-order valence-electron chi connectivity index (χ3n) is 6.89. The average molecular weight is 336 g/mol. The molecule has 4 rings (SSSR count). The van der Waals surface area contributed by atoms with E-state index in [4.69, 9.17) is 4.18 Å². The van der Waals surface area contributed by atoms with E-state index in [1.807, 2.05) is 13.8 Å². The van der Waals surface area contributed by atoms with Crippen molar-refractivity contribution in [2.24, 2.45) is 16.7 Å². The lowest BCUT2D eigenvalue weighted by Crippen LogP contribution is -2.48. The molecule has 4 nitrogen and oxygen atoms in total. The van der Waals surface area contributed by atoms with E-state index in [-0.39, 0.29) is 16.9 Å². The van der Waals surface area contributed by atoms with Crippen LogP contribution >= 0.6 is 0 Å². The van der Waals surface area contributed by atoms with Gasteiger partial charge >= 0.3 is 0 Å². The molecule has 0 amide bonds. The molecule has 2 bridgehead atoms. The molecule has 1 aromatic carbocycles. The zero-order valence-corrected chi connectivity index (χ0v) is 14.5. The van der Waals surface area contributed by atoms with E-state index in [9.17, 15) is 13.5 Å². The summed E-state index contributed by atoms with van der Waals surface area (Å²) in [5, 5.41) is 10.9. The van der Waals surface area contributed by atoms with E-state index >= 15 is 0 Å². The summed E-state index contributed by atoms with van der Waals surface area (Å²) in [5.41, 5.74) is -0.0893. The SMILES string of the molecule is Cc1ccc(S(=O)(=O)OC[C@]23CC[C@H](C[C@@]2(C)O)C32CC2)cc1. The van der Waals surface area contributed by atoms with Crippen molar-refractivity contribution < 1.29 is 17.7 Å². The topological polar surface area (TPSA) is 63.6 Å². The molecule has 0 heterocycles. The lowest BCUT2D eigenvalue weighted by Gasteiger charge is -2.42. The molecule has 1 N–H and O–H groups in total. The van der Waals surface area contributed by atoms with E-state index in [1.54, 1.807) is 24.3 Å². The second-order valence-electron chi connectivity index (χ2n) is 7.98. The Morgan fingerprint density at radius 1 is 1.22 bits per heavy atom. The van der Waals surface area contributed by atoms with Crippen LogP contribution in [-0.2, 0) is 14.3 Å². The third kappa shape index (κ3) is 1.99. The van der Waals surface area contributed by atoms with Gasteiger partial charge in [-0.1, -0.05) is 17.7 Å². The van der Waals surface area contributed by atoms with Gasteiger partial charge in [0.2, 0.25) is 0 Å². The normalized spacial score (nSPS) is 37.4. The van der Waals surface area contributed by atoms with Crippen LogP contribution in [0, 0.1) is 23.7 Å². The number of aliphatic hydroxyl groups is 1. The van der Waals surface area contributed by atoms with E-state index in [2.05, 4.69) is 0 Å². The molecule has 3 aliphatic rings. The smallest absolute Gasteiger partial charge is 0.296 e. The van der Waals surface area contributed by atoms with Crippen molar-refractivity contribution in [3.63, 3.8) is 0 Å². The van der Waals surface area contributed by atoms with E-state index in [0.717, 1.165) is 37.7 Å². The van der Waals surface area contributed by atoms with Crippen LogP contribution in [0.1, 0.15) is 44.6 Å². The maximum atomic E-state index is 12.5.